The number of benzene rings is 6. The monoisotopic (exact) mass is 1700 g/mol. The highest BCUT2D eigenvalue weighted by Crippen LogP contribution is 2.27. The largest absolute Gasteiger partial charge is 0.488 e. The summed E-state index contributed by atoms with van der Waals surface area (Å²) in [5.41, 5.74) is 29.4. The van der Waals surface area contributed by atoms with Crippen LogP contribution in [0.15, 0.2) is 205 Å². The Labute approximate surface area is 627 Å². The Kier molecular flexibility index (Phi) is 36.4. The van der Waals surface area contributed by atoms with Gasteiger partial charge in [0.25, 0.3) is 0 Å². The Balaban J connectivity index is 0.000000240. The smallest absolute Gasteiger partial charge is 0.423 e. The van der Waals surface area contributed by atoms with Gasteiger partial charge in [0, 0.05) is 84.4 Å². The molecule has 6 N–H and O–H groups in total. The molecule has 0 aliphatic carbocycles. The fourth-order valence-corrected chi connectivity index (χ4v) is 10.6. The Bertz CT molecular complexity index is 4490. The number of nitrogens with two attached hydrogens (primary N) is 2. The topological polar surface area (TPSA) is 304 Å². The Morgan fingerprint density at radius 1 is 0.449 bits per heavy atom. The van der Waals surface area contributed by atoms with Gasteiger partial charge >= 0.3 is 7.12 Å². The Morgan fingerprint density at radius 3 is 1.22 bits per heavy atom. The van der Waals surface area contributed by atoms with Crippen molar-refractivity contribution in [2.75, 3.05) is 0 Å². The van der Waals surface area contributed by atoms with Crippen LogP contribution in [0.1, 0.15) is 97.7 Å². The summed E-state index contributed by atoms with van der Waals surface area (Å²) in [6.45, 7) is 12.7. The minimum absolute atomic E-state index is 0.415. The molecule has 11 rings (SSSR count). The zero-order chi connectivity index (χ0) is 72.3. The van der Waals surface area contributed by atoms with E-state index in [-0.39, 0.29) is 0 Å². The minimum Gasteiger partial charge on any atom is -0.423 e. The number of aryl methyl sites for hydroxylation is 6. The van der Waals surface area contributed by atoms with E-state index in [2.05, 4.69) is 177 Å². The molecule has 0 amide bonds. The summed E-state index contributed by atoms with van der Waals surface area (Å²) in [7, 11) is -1.39. The van der Waals surface area contributed by atoms with Crippen molar-refractivity contribution in [3.8, 4) is 58.7 Å². The number of rotatable bonds is 8. The van der Waals surface area contributed by atoms with Gasteiger partial charge in [-0.1, -0.05) is 89.9 Å². The summed E-state index contributed by atoms with van der Waals surface area (Å²) < 4.78 is 6.09. The van der Waals surface area contributed by atoms with Gasteiger partial charge in [0.05, 0.1) is 51.7 Å². The molecule has 5 aromatic heterocycles. The van der Waals surface area contributed by atoms with Gasteiger partial charge in [0.2, 0.25) is 0 Å². The molecule has 11 aromatic rings. The molecule has 6 aromatic carbocycles. The number of alkyl halides is 1. The van der Waals surface area contributed by atoms with E-state index in [9.17, 15) is 5.26 Å². The standard InChI is InChI=1S/C15H14N2.C14H13N3.C9H8BrN.C8H5Br2N.C8H7BrN2.C8H6BrN.C6H8BNO2.C6H3BrClN3/c1-3-12-4-5-15(14(9-12)10-16)13-6-7-17-11(2)8-13;1-10-6-12(4-5-17-10)14-3-2-11(8-15)7-13(14)9-16;1-2-7-3-4-9(10)8(5-7)6-11;9-4-6-1-2-8(10)7(3-6)5-11;9-8-2-1-6(4-10)3-7(8)5-11;1-6-2-3-8(9)7(4-6)5-10;1-5-4-6(7(9)10)2-3-8-5;7-4-3-10-6-5(8)9-1-2-11(4)6/h4-9H,3H2,1-2H3;2-7H,8,15H2,1H3;3-5H,2H2,1H3;1-3H,4H2;1-3H,4,10H2;2-4H,1H3;2-4,9-10H,1H3;1-3H. The van der Waals surface area contributed by atoms with E-state index in [4.69, 9.17) is 59.4 Å². The second-order valence-corrected chi connectivity index (χ2v) is 25.7. The van der Waals surface area contributed by atoms with Gasteiger partial charge in [-0.05, 0) is 278 Å². The van der Waals surface area contributed by atoms with Crippen LogP contribution in [0.25, 0.3) is 27.9 Å². The molecule has 0 aliphatic heterocycles. The molecule has 0 bridgehead atoms. The van der Waals surface area contributed by atoms with Crippen LogP contribution < -0.4 is 16.9 Å². The van der Waals surface area contributed by atoms with Gasteiger partial charge in [-0.3, -0.25) is 19.4 Å². The average molecular weight is 1710 g/mol. The van der Waals surface area contributed by atoms with Gasteiger partial charge in [-0.25, -0.2) is 9.97 Å². The first-order valence-electron chi connectivity index (χ1n) is 29.6. The Morgan fingerprint density at radius 2 is 0.827 bits per heavy atom. The van der Waals surface area contributed by atoms with E-state index < -0.39 is 7.12 Å². The molecule has 0 unspecified atom stereocenters. The van der Waals surface area contributed by atoms with Crippen LogP contribution in [0.4, 0.5) is 0 Å². The summed E-state index contributed by atoms with van der Waals surface area (Å²) in [5.74, 6) is 0. The molecule has 24 heteroatoms. The third-order valence-electron chi connectivity index (χ3n) is 13.5. The lowest BCUT2D eigenvalue weighted by molar-refractivity contribution is 0.425. The van der Waals surface area contributed by atoms with Gasteiger partial charge in [-0.2, -0.15) is 31.6 Å². The molecule has 98 heavy (non-hydrogen) atoms. The van der Waals surface area contributed by atoms with Gasteiger partial charge in [0.1, 0.15) is 28.9 Å². The van der Waals surface area contributed by atoms with E-state index >= 15 is 0 Å². The summed E-state index contributed by atoms with van der Waals surface area (Å²) >= 11 is 25.5. The summed E-state index contributed by atoms with van der Waals surface area (Å²) in [6, 6.07) is 58.4. The first kappa shape index (κ1) is 81.8. The predicted molar refractivity (Wildman–Crippen MR) is 410 cm³/mol. The second kappa shape index (κ2) is 43.6. The molecule has 0 saturated heterocycles. The maximum absolute atomic E-state index is 9.20. The maximum Gasteiger partial charge on any atom is 0.488 e. The molecular weight excluding hydrogens is 1640 g/mol. The van der Waals surface area contributed by atoms with Gasteiger partial charge in [-0.15, -0.1) is 0 Å². The van der Waals surface area contributed by atoms with E-state index in [0.29, 0.717) is 57.2 Å². The number of imidazole rings is 1. The number of halogens is 7. The number of hydrogen-bond acceptors (Lipinski definition) is 15. The Hall–Kier alpha value is -8.60. The third-order valence-corrected chi connectivity index (χ3v) is 17.8. The highest BCUT2D eigenvalue weighted by Gasteiger charge is 2.11. The van der Waals surface area contributed by atoms with Crippen molar-refractivity contribution in [2.45, 2.75) is 72.8 Å². The van der Waals surface area contributed by atoms with Crippen LogP contribution >= 0.6 is 107 Å². The fourth-order valence-electron chi connectivity index (χ4n) is 8.36. The van der Waals surface area contributed by atoms with Crippen LogP contribution in [0.2, 0.25) is 5.15 Å². The van der Waals surface area contributed by atoms with Crippen molar-refractivity contribution >= 4 is 125 Å². The van der Waals surface area contributed by atoms with Crippen LogP contribution in [0, 0.1) is 95.7 Å². The highest BCUT2D eigenvalue weighted by molar-refractivity contribution is 9.11. The van der Waals surface area contributed by atoms with Crippen molar-refractivity contribution in [1.82, 2.24) is 29.3 Å². The number of aromatic nitrogens is 6. The van der Waals surface area contributed by atoms with E-state index in [1.807, 2.05) is 146 Å². The number of fused-ring (bicyclic) bond motifs is 1. The number of pyridine rings is 3. The van der Waals surface area contributed by atoms with Crippen molar-refractivity contribution in [3.05, 3.63) is 294 Å². The minimum atomic E-state index is -1.39. The fraction of sp³-hybridized carbons (Fsp3) is 0.149. The molecular formula is C74H64BBr6ClN14O2. The molecule has 0 fully saturated rings. The quantitative estimate of drug-likeness (QED) is 0.0812. The summed E-state index contributed by atoms with van der Waals surface area (Å²) in [5, 5.41) is 71.4. The molecule has 0 aliphatic rings. The SMILES string of the molecule is CCc1ccc(-c2ccnc(C)c2)c(C#N)c1.CCc1ccc(Br)c(C#N)c1.Cc1cc(-c2ccc(CN)cc2C#N)ccn1.Cc1cc(B(O)O)ccn1.Cc1ccc(Br)c(C#N)c1.Clc1nccn2c(Br)cnc12.N#Cc1cc(CBr)ccc1Br.N#Cc1cc(CN)ccc1Br. The van der Waals surface area contributed by atoms with Crippen LogP contribution in [-0.2, 0) is 31.3 Å². The molecule has 0 spiro atoms. The van der Waals surface area contributed by atoms with Crippen LogP contribution in [-0.4, -0.2) is 46.5 Å². The van der Waals surface area contributed by atoms with Crippen molar-refractivity contribution in [2.24, 2.45) is 11.5 Å². The lowest BCUT2D eigenvalue weighted by Crippen LogP contribution is -2.29. The predicted octanol–water partition coefficient (Wildman–Crippen LogP) is 17.6. The zero-order valence-corrected chi connectivity index (χ0v) is 64.3. The molecule has 16 nitrogen and oxygen atoms in total. The zero-order valence-electron chi connectivity index (χ0n) is 54.0. The van der Waals surface area contributed by atoms with Gasteiger partial charge in [0.15, 0.2) is 10.8 Å². The molecule has 0 saturated carbocycles. The first-order chi connectivity index (χ1) is 47.0. The number of hydrogen-bond donors (Lipinski definition) is 4. The second-order valence-electron chi connectivity index (χ2n) is 20.6. The average Bonchev–Trinajstić information content (AvgIpc) is 1.52. The van der Waals surface area contributed by atoms with Crippen LogP contribution in [0.5, 0.6) is 0 Å². The number of nitriles is 6. The lowest BCUT2D eigenvalue weighted by Gasteiger charge is -2.06. The van der Waals surface area contributed by atoms with Gasteiger partial charge < -0.3 is 21.5 Å². The normalized spacial score (nSPS) is 9.62. The first-order valence-corrected chi connectivity index (χ1v) is 35.0. The van der Waals surface area contributed by atoms with E-state index in [1.54, 1.807) is 62.3 Å². The molecule has 0 atom stereocenters. The van der Waals surface area contributed by atoms with Crippen molar-refractivity contribution in [1.29, 1.82) is 31.6 Å². The third kappa shape index (κ3) is 26.7. The maximum atomic E-state index is 9.20. The summed E-state index contributed by atoms with van der Waals surface area (Å²) in [6.07, 6.45) is 12.1. The summed E-state index contributed by atoms with van der Waals surface area (Å²) in [4.78, 5) is 20.1. The van der Waals surface area contributed by atoms with Crippen molar-refractivity contribution in [3.63, 3.8) is 0 Å². The lowest BCUT2D eigenvalue weighted by atomic mass is 9.81. The van der Waals surface area contributed by atoms with Crippen molar-refractivity contribution < 1.29 is 10.0 Å². The molecule has 0 radical (unpaired) electrons. The van der Waals surface area contributed by atoms with E-state index in [1.165, 1.54) is 11.1 Å². The van der Waals surface area contributed by atoms with E-state index in [0.717, 1.165) is 108 Å². The molecule has 5 heterocycles. The number of nitrogens with zero attached hydrogens (tertiary/aromatic N) is 12. The van der Waals surface area contributed by atoms with Crippen LogP contribution in [0.3, 0.4) is 0 Å². The highest BCUT2D eigenvalue weighted by atomic mass is 79.9. The molecule has 494 valence electrons.